The Bertz CT molecular complexity index is 415. The van der Waals surface area contributed by atoms with Gasteiger partial charge in [0.15, 0.2) is 0 Å². The van der Waals surface area contributed by atoms with Crippen molar-refractivity contribution in [2.45, 2.75) is 32.9 Å². The van der Waals surface area contributed by atoms with Gasteiger partial charge in [0, 0.05) is 6.54 Å². The maximum Gasteiger partial charge on any atom is 0.287 e. The van der Waals surface area contributed by atoms with Crippen LogP contribution in [0.25, 0.3) is 0 Å². The van der Waals surface area contributed by atoms with Gasteiger partial charge in [-0.1, -0.05) is 11.6 Å². The summed E-state index contributed by atoms with van der Waals surface area (Å²) in [6.07, 6.45) is 0.982. The van der Waals surface area contributed by atoms with Gasteiger partial charge in [0.2, 0.25) is 0 Å². The lowest BCUT2D eigenvalue weighted by Gasteiger charge is -2.12. The second kappa shape index (κ2) is 5.32. The molecule has 0 fully saturated rings. The third-order valence-electron chi connectivity index (χ3n) is 2.02. The first kappa shape index (κ1) is 13.0. The molecule has 0 saturated heterocycles. The molecule has 5 nitrogen and oxygen atoms in total. The predicted molar refractivity (Wildman–Crippen MR) is 64.1 cm³/mol. The third kappa shape index (κ3) is 2.96. The Kier molecular flexibility index (Phi) is 4.32. The van der Waals surface area contributed by atoms with E-state index >= 15 is 0 Å². The Morgan fingerprint density at radius 1 is 1.56 bits per heavy atom. The van der Waals surface area contributed by atoms with Crippen LogP contribution in [-0.2, 0) is 0 Å². The first-order chi connectivity index (χ1) is 7.43. The quantitative estimate of drug-likeness (QED) is 0.839. The van der Waals surface area contributed by atoms with E-state index in [2.05, 4.69) is 10.4 Å². The van der Waals surface area contributed by atoms with Crippen LogP contribution in [0.3, 0.4) is 0 Å². The highest BCUT2D eigenvalue weighted by atomic mass is 35.5. The molecule has 2 N–H and O–H groups in total. The van der Waals surface area contributed by atoms with Crippen molar-refractivity contribution < 1.29 is 5.11 Å². The van der Waals surface area contributed by atoms with Gasteiger partial charge in [-0.15, -0.1) is 0 Å². The largest absolute Gasteiger partial charge is 0.392 e. The number of aromatic nitrogens is 2. The van der Waals surface area contributed by atoms with Crippen molar-refractivity contribution in [1.29, 1.82) is 0 Å². The molecule has 1 atom stereocenters. The molecule has 0 aliphatic heterocycles. The van der Waals surface area contributed by atoms with Gasteiger partial charge in [0.25, 0.3) is 5.56 Å². The topological polar surface area (TPSA) is 67.2 Å². The van der Waals surface area contributed by atoms with Crippen molar-refractivity contribution in [1.82, 2.24) is 9.78 Å². The second-order valence-corrected chi connectivity index (χ2v) is 4.32. The van der Waals surface area contributed by atoms with Crippen LogP contribution in [0, 0.1) is 0 Å². The number of nitrogens with one attached hydrogen (secondary N) is 1. The number of hydrogen-bond acceptors (Lipinski definition) is 4. The van der Waals surface area contributed by atoms with Crippen molar-refractivity contribution >= 4 is 17.3 Å². The van der Waals surface area contributed by atoms with Gasteiger partial charge in [-0.05, 0) is 20.8 Å². The molecule has 0 saturated carbocycles. The molecule has 90 valence electrons. The maximum atomic E-state index is 11.7. The van der Waals surface area contributed by atoms with Crippen LogP contribution in [-0.4, -0.2) is 27.5 Å². The Morgan fingerprint density at radius 3 is 2.69 bits per heavy atom. The lowest BCUT2D eigenvalue weighted by Crippen LogP contribution is -2.26. The molecule has 0 aliphatic carbocycles. The van der Waals surface area contributed by atoms with E-state index in [0.717, 1.165) is 0 Å². The van der Waals surface area contributed by atoms with Crippen molar-refractivity contribution in [2.75, 3.05) is 11.9 Å². The van der Waals surface area contributed by atoms with Crippen LogP contribution >= 0.6 is 11.6 Å². The molecule has 6 heteroatoms. The molecule has 1 aromatic rings. The number of aliphatic hydroxyl groups is 1. The zero-order valence-electron chi connectivity index (χ0n) is 9.57. The van der Waals surface area contributed by atoms with Crippen LogP contribution in [0.1, 0.15) is 26.8 Å². The zero-order chi connectivity index (χ0) is 12.3. The smallest absolute Gasteiger partial charge is 0.287 e. The summed E-state index contributed by atoms with van der Waals surface area (Å²) in [6, 6.07) is -0.0317. The molecular formula is C10H16ClN3O2. The number of nitrogens with zero attached hydrogens (tertiary/aromatic N) is 2. The predicted octanol–water partition coefficient (Wildman–Crippen LogP) is 1.27. The number of anilines is 1. The van der Waals surface area contributed by atoms with Gasteiger partial charge in [-0.2, -0.15) is 5.10 Å². The lowest BCUT2D eigenvalue weighted by atomic mass is 10.3. The summed E-state index contributed by atoms with van der Waals surface area (Å²) in [5.74, 6) is 0. The van der Waals surface area contributed by atoms with E-state index in [1.54, 1.807) is 6.92 Å². The van der Waals surface area contributed by atoms with E-state index in [1.165, 1.54) is 10.9 Å². The summed E-state index contributed by atoms with van der Waals surface area (Å²) < 4.78 is 1.32. The van der Waals surface area contributed by atoms with E-state index in [4.69, 9.17) is 16.7 Å². The monoisotopic (exact) mass is 245 g/mol. The van der Waals surface area contributed by atoms with Crippen LogP contribution in [0.4, 0.5) is 5.69 Å². The Morgan fingerprint density at radius 2 is 2.19 bits per heavy atom. The van der Waals surface area contributed by atoms with E-state index in [-0.39, 0.29) is 16.6 Å². The molecule has 1 unspecified atom stereocenters. The highest BCUT2D eigenvalue weighted by molar-refractivity contribution is 6.32. The van der Waals surface area contributed by atoms with Gasteiger partial charge in [-0.25, -0.2) is 4.68 Å². The molecule has 0 bridgehead atoms. The number of halogens is 1. The van der Waals surface area contributed by atoms with Crippen molar-refractivity contribution in [2.24, 2.45) is 0 Å². The molecule has 1 aromatic heterocycles. The fourth-order valence-electron chi connectivity index (χ4n) is 1.19. The summed E-state index contributed by atoms with van der Waals surface area (Å²) >= 11 is 5.91. The van der Waals surface area contributed by atoms with Crippen LogP contribution in [0.15, 0.2) is 11.0 Å². The maximum absolute atomic E-state index is 11.7. The van der Waals surface area contributed by atoms with Gasteiger partial charge in [0.1, 0.15) is 5.02 Å². The average molecular weight is 246 g/mol. The fraction of sp³-hybridized carbons (Fsp3) is 0.600. The van der Waals surface area contributed by atoms with Crippen LogP contribution in [0.5, 0.6) is 0 Å². The minimum atomic E-state index is -0.511. The molecule has 0 amide bonds. The number of aliphatic hydroxyl groups excluding tert-OH is 1. The zero-order valence-corrected chi connectivity index (χ0v) is 10.3. The minimum absolute atomic E-state index is 0.0317. The molecule has 0 aliphatic rings. The summed E-state index contributed by atoms with van der Waals surface area (Å²) in [5, 5.41) is 16.1. The molecule has 0 spiro atoms. The van der Waals surface area contributed by atoms with Crippen LogP contribution < -0.4 is 10.9 Å². The second-order valence-electron chi connectivity index (χ2n) is 3.95. The summed E-state index contributed by atoms with van der Waals surface area (Å²) in [6.45, 7) is 5.68. The summed E-state index contributed by atoms with van der Waals surface area (Å²) in [7, 11) is 0. The van der Waals surface area contributed by atoms with Crippen molar-refractivity contribution in [3.8, 4) is 0 Å². The van der Waals surface area contributed by atoms with Gasteiger partial charge in [-0.3, -0.25) is 4.79 Å². The fourth-order valence-corrected chi connectivity index (χ4v) is 1.40. The molecule has 1 heterocycles. The normalized spacial score (nSPS) is 12.9. The minimum Gasteiger partial charge on any atom is -0.392 e. The average Bonchev–Trinajstić information content (AvgIpc) is 2.19. The lowest BCUT2D eigenvalue weighted by molar-refractivity contribution is 0.208. The van der Waals surface area contributed by atoms with Crippen molar-refractivity contribution in [3.63, 3.8) is 0 Å². The highest BCUT2D eigenvalue weighted by Crippen LogP contribution is 2.16. The van der Waals surface area contributed by atoms with Gasteiger partial charge in [0.05, 0.1) is 24.0 Å². The van der Waals surface area contributed by atoms with Crippen molar-refractivity contribution in [3.05, 3.63) is 21.6 Å². The highest BCUT2D eigenvalue weighted by Gasteiger charge is 2.11. The van der Waals surface area contributed by atoms with E-state index in [0.29, 0.717) is 12.2 Å². The first-order valence-electron chi connectivity index (χ1n) is 5.12. The Labute approximate surface area is 99.0 Å². The summed E-state index contributed by atoms with van der Waals surface area (Å²) in [5.41, 5.74) is 0.122. The van der Waals surface area contributed by atoms with Gasteiger partial charge >= 0.3 is 0 Å². The SMILES string of the molecule is CC(O)CNc1cnn(C(C)C)c(=O)c1Cl. The number of rotatable bonds is 4. The Balaban J connectivity index is 2.98. The molecular weight excluding hydrogens is 230 g/mol. The van der Waals surface area contributed by atoms with Gasteiger partial charge < -0.3 is 10.4 Å². The first-order valence-corrected chi connectivity index (χ1v) is 5.50. The number of hydrogen-bond donors (Lipinski definition) is 2. The van der Waals surface area contributed by atoms with E-state index in [9.17, 15) is 4.79 Å². The standard InChI is InChI=1S/C10H16ClN3O2/c1-6(2)14-10(16)9(11)8(5-13-14)12-4-7(3)15/h5-7,12,15H,4H2,1-3H3. The molecule has 0 radical (unpaired) electrons. The van der Waals surface area contributed by atoms with E-state index in [1.807, 2.05) is 13.8 Å². The third-order valence-corrected chi connectivity index (χ3v) is 2.39. The summed E-state index contributed by atoms with van der Waals surface area (Å²) in [4.78, 5) is 11.7. The Hall–Kier alpha value is -1.07. The molecule has 16 heavy (non-hydrogen) atoms. The molecule has 0 aromatic carbocycles. The van der Waals surface area contributed by atoms with Crippen LogP contribution in [0.2, 0.25) is 5.02 Å². The molecule has 1 rings (SSSR count). The van der Waals surface area contributed by atoms with E-state index < -0.39 is 6.10 Å².